The number of hydrogen-bond acceptors (Lipinski definition) is 4. The van der Waals surface area contributed by atoms with Crippen molar-refractivity contribution in [3.8, 4) is 0 Å². The predicted octanol–water partition coefficient (Wildman–Crippen LogP) is 1.85. The van der Waals surface area contributed by atoms with Crippen molar-refractivity contribution < 1.29 is 14.4 Å². The third-order valence-electron chi connectivity index (χ3n) is 5.08. The Labute approximate surface area is 153 Å². The SMILES string of the molecule is CNC(c1ccccc1)C1CCC(=O)N2CC=CC(CC(C)=O)N2C1=O. The highest BCUT2D eigenvalue weighted by atomic mass is 16.2. The molecule has 1 N–H and O–H groups in total. The Kier molecular flexibility index (Phi) is 5.52. The molecule has 2 amide bonds. The van der Waals surface area contributed by atoms with Crippen LogP contribution in [0.1, 0.15) is 37.8 Å². The smallest absolute Gasteiger partial charge is 0.246 e. The van der Waals surface area contributed by atoms with E-state index in [1.54, 1.807) is 0 Å². The molecule has 6 heteroatoms. The molecule has 1 fully saturated rings. The van der Waals surface area contributed by atoms with Crippen molar-refractivity contribution in [3.63, 3.8) is 0 Å². The highest BCUT2D eigenvalue weighted by Crippen LogP contribution is 2.33. The summed E-state index contributed by atoms with van der Waals surface area (Å²) in [5.41, 5.74) is 1.02. The molecular weight excluding hydrogens is 330 g/mol. The van der Waals surface area contributed by atoms with E-state index in [9.17, 15) is 14.4 Å². The largest absolute Gasteiger partial charge is 0.312 e. The van der Waals surface area contributed by atoms with E-state index in [-0.39, 0.29) is 36.0 Å². The normalized spacial score (nSPS) is 24.2. The van der Waals surface area contributed by atoms with Gasteiger partial charge >= 0.3 is 0 Å². The number of rotatable bonds is 5. The summed E-state index contributed by atoms with van der Waals surface area (Å²) in [4.78, 5) is 37.7. The molecule has 2 aliphatic heterocycles. The van der Waals surface area contributed by atoms with Gasteiger partial charge in [-0.25, -0.2) is 10.0 Å². The molecule has 1 aromatic rings. The molecule has 1 aromatic carbocycles. The number of carbonyl (C=O) groups is 3. The Bertz CT molecular complexity index is 716. The number of nitrogens with zero attached hydrogens (tertiary/aromatic N) is 2. The molecule has 3 atom stereocenters. The minimum Gasteiger partial charge on any atom is -0.312 e. The van der Waals surface area contributed by atoms with Crippen molar-refractivity contribution in [2.45, 2.75) is 38.3 Å². The van der Waals surface area contributed by atoms with Gasteiger partial charge in [0.25, 0.3) is 0 Å². The summed E-state index contributed by atoms with van der Waals surface area (Å²) in [6, 6.07) is 9.23. The Balaban J connectivity index is 1.95. The third-order valence-corrected chi connectivity index (χ3v) is 5.08. The van der Waals surface area contributed by atoms with E-state index in [4.69, 9.17) is 0 Å². The monoisotopic (exact) mass is 355 g/mol. The average Bonchev–Trinajstić information content (AvgIpc) is 2.75. The van der Waals surface area contributed by atoms with Crippen LogP contribution >= 0.6 is 0 Å². The molecule has 0 radical (unpaired) electrons. The number of carbonyl (C=O) groups excluding carboxylic acids is 3. The fourth-order valence-corrected chi connectivity index (χ4v) is 3.89. The summed E-state index contributed by atoms with van der Waals surface area (Å²) in [6.07, 6.45) is 4.75. The molecule has 2 aliphatic rings. The van der Waals surface area contributed by atoms with Gasteiger partial charge in [-0.15, -0.1) is 0 Å². The van der Waals surface area contributed by atoms with E-state index in [2.05, 4.69) is 5.32 Å². The number of nitrogens with one attached hydrogen (secondary N) is 1. The van der Waals surface area contributed by atoms with Gasteiger partial charge in [-0.1, -0.05) is 42.5 Å². The van der Waals surface area contributed by atoms with E-state index in [1.807, 2.05) is 49.5 Å². The highest BCUT2D eigenvalue weighted by molar-refractivity contribution is 5.88. The first-order chi connectivity index (χ1) is 12.5. The summed E-state index contributed by atoms with van der Waals surface area (Å²) in [5.74, 6) is -0.538. The van der Waals surface area contributed by atoms with Crippen LogP contribution in [0.5, 0.6) is 0 Å². The third kappa shape index (κ3) is 3.55. The van der Waals surface area contributed by atoms with Gasteiger partial charge in [0.1, 0.15) is 5.78 Å². The number of hydrogen-bond donors (Lipinski definition) is 1. The van der Waals surface area contributed by atoms with Crippen molar-refractivity contribution >= 4 is 17.6 Å². The van der Waals surface area contributed by atoms with Gasteiger partial charge in [-0.3, -0.25) is 14.4 Å². The first-order valence-electron chi connectivity index (χ1n) is 9.04. The fourth-order valence-electron chi connectivity index (χ4n) is 3.89. The highest BCUT2D eigenvalue weighted by Gasteiger charge is 2.42. The summed E-state index contributed by atoms with van der Waals surface area (Å²) < 4.78 is 0. The maximum atomic E-state index is 13.4. The van der Waals surface area contributed by atoms with E-state index >= 15 is 0 Å². The lowest BCUT2D eigenvalue weighted by molar-refractivity contribution is -0.167. The molecule has 0 aromatic heterocycles. The molecule has 6 nitrogen and oxygen atoms in total. The zero-order valence-corrected chi connectivity index (χ0v) is 15.2. The van der Waals surface area contributed by atoms with E-state index < -0.39 is 6.04 Å². The zero-order valence-electron chi connectivity index (χ0n) is 15.2. The van der Waals surface area contributed by atoms with Crippen molar-refractivity contribution in [1.82, 2.24) is 15.3 Å². The molecule has 0 saturated carbocycles. The number of amides is 2. The molecule has 0 spiro atoms. The average molecular weight is 355 g/mol. The lowest BCUT2D eigenvalue weighted by Crippen LogP contribution is -2.57. The van der Waals surface area contributed by atoms with Crippen molar-refractivity contribution in [2.24, 2.45) is 5.92 Å². The molecule has 1 saturated heterocycles. The van der Waals surface area contributed by atoms with Crippen LogP contribution in [-0.2, 0) is 14.4 Å². The standard InChI is InChI=1S/C20H25N3O3/c1-14(24)13-16-9-6-12-22-18(25)11-10-17(20(26)23(16)22)19(21-2)15-7-4-3-5-8-15/h3-9,16-17,19,21H,10-13H2,1-2H3. The second-order valence-corrected chi connectivity index (χ2v) is 6.88. The Morgan fingerprint density at radius 2 is 2.00 bits per heavy atom. The van der Waals surface area contributed by atoms with Crippen LogP contribution in [0.4, 0.5) is 0 Å². The molecular formula is C20H25N3O3. The van der Waals surface area contributed by atoms with Gasteiger partial charge in [0, 0.05) is 18.9 Å². The van der Waals surface area contributed by atoms with Crippen molar-refractivity contribution in [2.75, 3.05) is 13.6 Å². The second kappa shape index (κ2) is 7.83. The predicted molar refractivity (Wildman–Crippen MR) is 97.8 cm³/mol. The number of fused-ring (bicyclic) bond motifs is 1. The van der Waals surface area contributed by atoms with E-state index in [0.29, 0.717) is 19.4 Å². The fraction of sp³-hybridized carbons (Fsp3) is 0.450. The molecule has 2 heterocycles. The van der Waals surface area contributed by atoms with Gasteiger partial charge in [0.2, 0.25) is 11.8 Å². The van der Waals surface area contributed by atoms with Crippen LogP contribution in [0.15, 0.2) is 42.5 Å². The minimum absolute atomic E-state index is 0.00391. The van der Waals surface area contributed by atoms with Crippen LogP contribution in [0, 0.1) is 5.92 Å². The van der Waals surface area contributed by atoms with Gasteiger partial charge in [0.05, 0.1) is 18.5 Å². The molecule has 0 aliphatic carbocycles. The molecule has 138 valence electrons. The maximum Gasteiger partial charge on any atom is 0.246 e. The topological polar surface area (TPSA) is 69.7 Å². The van der Waals surface area contributed by atoms with Crippen LogP contribution in [-0.4, -0.2) is 47.2 Å². The molecule has 3 unspecified atom stereocenters. The summed E-state index contributed by atoms with van der Waals surface area (Å²) in [7, 11) is 1.83. The minimum atomic E-state index is -0.397. The zero-order chi connectivity index (χ0) is 18.7. The first kappa shape index (κ1) is 18.3. The first-order valence-corrected chi connectivity index (χ1v) is 9.04. The number of benzene rings is 1. The molecule has 26 heavy (non-hydrogen) atoms. The maximum absolute atomic E-state index is 13.4. The van der Waals surface area contributed by atoms with Crippen LogP contribution in [0.25, 0.3) is 0 Å². The Hall–Kier alpha value is -2.47. The number of hydrazine groups is 1. The Morgan fingerprint density at radius 1 is 1.27 bits per heavy atom. The van der Waals surface area contributed by atoms with E-state index in [1.165, 1.54) is 16.9 Å². The summed E-state index contributed by atoms with van der Waals surface area (Å²) in [6.45, 7) is 1.88. The van der Waals surface area contributed by atoms with Gasteiger partial charge in [0.15, 0.2) is 0 Å². The molecule has 0 bridgehead atoms. The van der Waals surface area contributed by atoms with Crippen LogP contribution in [0.2, 0.25) is 0 Å². The van der Waals surface area contributed by atoms with E-state index in [0.717, 1.165) is 5.56 Å². The van der Waals surface area contributed by atoms with Crippen LogP contribution in [0.3, 0.4) is 0 Å². The lowest BCUT2D eigenvalue weighted by atomic mass is 9.88. The Morgan fingerprint density at radius 3 is 2.65 bits per heavy atom. The molecule has 3 rings (SSSR count). The summed E-state index contributed by atoms with van der Waals surface area (Å²) in [5, 5.41) is 6.28. The van der Waals surface area contributed by atoms with Crippen LogP contribution < -0.4 is 5.32 Å². The van der Waals surface area contributed by atoms with Gasteiger partial charge in [-0.05, 0) is 26.0 Å². The lowest BCUT2D eigenvalue weighted by Gasteiger charge is -2.41. The van der Waals surface area contributed by atoms with Gasteiger partial charge < -0.3 is 5.32 Å². The number of ketones is 1. The van der Waals surface area contributed by atoms with Crippen molar-refractivity contribution in [3.05, 3.63) is 48.0 Å². The summed E-state index contributed by atoms with van der Waals surface area (Å²) >= 11 is 0. The van der Waals surface area contributed by atoms with Crippen molar-refractivity contribution in [1.29, 1.82) is 0 Å². The van der Waals surface area contributed by atoms with Gasteiger partial charge in [-0.2, -0.15) is 0 Å². The second-order valence-electron chi connectivity index (χ2n) is 6.88. The number of Topliss-reactive ketones (excluding diaryl/α,β-unsaturated/α-hetero) is 1. The quantitative estimate of drug-likeness (QED) is 0.819.